The molecule has 2 N–H and O–H groups in total. The first-order chi connectivity index (χ1) is 9.65. The minimum Gasteiger partial charge on any atom is -0.508 e. The zero-order valence-corrected chi connectivity index (χ0v) is 10.9. The molecule has 1 aromatic carbocycles. The number of aromatic hydroxyl groups is 1. The molecule has 0 spiro atoms. The molecule has 5 nitrogen and oxygen atoms in total. The molecule has 5 heteroatoms. The lowest BCUT2D eigenvalue weighted by atomic mass is 10.2. The number of amides is 1. The number of rotatable bonds is 2. The van der Waals surface area contributed by atoms with Gasteiger partial charge < -0.3 is 15.0 Å². The molecule has 0 aliphatic rings. The summed E-state index contributed by atoms with van der Waals surface area (Å²) in [5, 5.41) is 9.27. The second-order valence-corrected chi connectivity index (χ2v) is 4.50. The molecule has 100 valence electrons. The summed E-state index contributed by atoms with van der Waals surface area (Å²) in [7, 11) is 1.69. The number of nitrogens with zero attached hydrogens (tertiary/aromatic N) is 2. The lowest BCUT2D eigenvalue weighted by Crippen LogP contribution is -2.26. The van der Waals surface area contributed by atoms with E-state index in [-0.39, 0.29) is 11.7 Å². The number of fused-ring (bicyclic) bond motifs is 1. The Hall–Kier alpha value is -2.82. The zero-order valence-electron chi connectivity index (χ0n) is 10.9. The van der Waals surface area contributed by atoms with Gasteiger partial charge in [-0.15, -0.1) is 0 Å². The molecule has 3 aromatic rings. The second-order valence-electron chi connectivity index (χ2n) is 4.50. The van der Waals surface area contributed by atoms with E-state index >= 15 is 0 Å². The van der Waals surface area contributed by atoms with Gasteiger partial charge in [0.1, 0.15) is 11.4 Å². The Morgan fingerprint density at radius 3 is 2.70 bits per heavy atom. The number of aromatic amines is 1. The number of phenolic OH excluding ortho intramolecular Hbond substituents is 1. The van der Waals surface area contributed by atoms with E-state index in [0.717, 1.165) is 11.0 Å². The van der Waals surface area contributed by atoms with E-state index in [1.165, 1.54) is 4.90 Å². The molecule has 0 unspecified atom stereocenters. The van der Waals surface area contributed by atoms with Gasteiger partial charge in [-0.05, 0) is 42.5 Å². The van der Waals surface area contributed by atoms with Gasteiger partial charge in [-0.1, -0.05) is 0 Å². The zero-order chi connectivity index (χ0) is 14.1. The van der Waals surface area contributed by atoms with Crippen molar-refractivity contribution in [2.75, 3.05) is 11.9 Å². The number of pyridine rings is 1. The van der Waals surface area contributed by atoms with E-state index in [1.807, 2.05) is 12.1 Å². The minimum atomic E-state index is -0.159. The van der Waals surface area contributed by atoms with Crippen LogP contribution in [0.5, 0.6) is 5.75 Å². The molecule has 2 heterocycles. The topological polar surface area (TPSA) is 69.2 Å². The van der Waals surface area contributed by atoms with Crippen LogP contribution in [0.4, 0.5) is 5.69 Å². The summed E-state index contributed by atoms with van der Waals surface area (Å²) in [6.07, 6.45) is 1.69. The first kappa shape index (κ1) is 12.2. The highest BCUT2D eigenvalue weighted by Crippen LogP contribution is 2.20. The number of benzene rings is 1. The molecule has 0 saturated carbocycles. The van der Waals surface area contributed by atoms with Crippen molar-refractivity contribution in [1.82, 2.24) is 9.97 Å². The van der Waals surface area contributed by atoms with Crippen molar-refractivity contribution >= 4 is 22.6 Å². The van der Waals surface area contributed by atoms with E-state index < -0.39 is 0 Å². The average molecular weight is 267 g/mol. The van der Waals surface area contributed by atoms with Crippen molar-refractivity contribution in [3.05, 3.63) is 54.4 Å². The summed E-state index contributed by atoms with van der Waals surface area (Å²) in [6, 6.07) is 11.9. The highest BCUT2D eigenvalue weighted by atomic mass is 16.3. The minimum absolute atomic E-state index is 0.159. The van der Waals surface area contributed by atoms with Crippen molar-refractivity contribution in [1.29, 1.82) is 0 Å². The molecule has 0 fully saturated rings. The van der Waals surface area contributed by atoms with Crippen LogP contribution in [-0.2, 0) is 0 Å². The lowest BCUT2D eigenvalue weighted by molar-refractivity contribution is 0.0989. The van der Waals surface area contributed by atoms with E-state index in [9.17, 15) is 9.90 Å². The number of hydrogen-bond donors (Lipinski definition) is 2. The first-order valence-electron chi connectivity index (χ1n) is 6.16. The van der Waals surface area contributed by atoms with Crippen molar-refractivity contribution < 1.29 is 9.90 Å². The maximum atomic E-state index is 12.4. The Kier molecular flexibility index (Phi) is 2.87. The van der Waals surface area contributed by atoms with Crippen molar-refractivity contribution in [2.45, 2.75) is 0 Å². The number of aromatic nitrogens is 2. The molecule has 0 aliphatic carbocycles. The van der Waals surface area contributed by atoms with Crippen LogP contribution in [0, 0.1) is 0 Å². The normalized spacial score (nSPS) is 10.7. The molecule has 2 aromatic heterocycles. The SMILES string of the molecule is CN(C(=O)c1cc2ncccc2[nH]1)c1ccc(O)cc1. The number of anilines is 1. The number of nitrogens with one attached hydrogen (secondary N) is 1. The van der Waals surface area contributed by atoms with Crippen LogP contribution >= 0.6 is 0 Å². The van der Waals surface area contributed by atoms with Gasteiger partial charge in [-0.3, -0.25) is 9.78 Å². The Bertz CT molecular complexity index is 729. The summed E-state index contributed by atoms with van der Waals surface area (Å²) in [6.45, 7) is 0. The maximum absolute atomic E-state index is 12.4. The predicted octanol–water partition coefficient (Wildman–Crippen LogP) is 2.55. The first-order valence-corrected chi connectivity index (χ1v) is 6.16. The van der Waals surface area contributed by atoms with Crippen LogP contribution in [0.15, 0.2) is 48.7 Å². The third kappa shape index (κ3) is 2.09. The van der Waals surface area contributed by atoms with Crippen LogP contribution < -0.4 is 4.90 Å². The van der Waals surface area contributed by atoms with Gasteiger partial charge >= 0.3 is 0 Å². The molecule has 0 aliphatic heterocycles. The third-order valence-corrected chi connectivity index (χ3v) is 3.16. The summed E-state index contributed by atoms with van der Waals surface area (Å²) in [5.41, 5.74) is 2.78. The molecule has 20 heavy (non-hydrogen) atoms. The molecule has 1 amide bonds. The van der Waals surface area contributed by atoms with Gasteiger partial charge in [0.05, 0.1) is 11.0 Å². The lowest BCUT2D eigenvalue weighted by Gasteiger charge is -2.16. The van der Waals surface area contributed by atoms with Gasteiger partial charge in [0, 0.05) is 18.9 Å². The molecule has 0 atom stereocenters. The Balaban J connectivity index is 1.93. The van der Waals surface area contributed by atoms with E-state index in [4.69, 9.17) is 0 Å². The van der Waals surface area contributed by atoms with Crippen molar-refractivity contribution in [3.8, 4) is 5.75 Å². The van der Waals surface area contributed by atoms with Crippen molar-refractivity contribution in [3.63, 3.8) is 0 Å². The fourth-order valence-electron chi connectivity index (χ4n) is 2.05. The smallest absolute Gasteiger partial charge is 0.274 e. The van der Waals surface area contributed by atoms with Crippen LogP contribution in [0.3, 0.4) is 0 Å². The standard InChI is InChI=1S/C15H13N3O2/c1-18(10-4-6-11(19)7-5-10)15(20)14-9-13-12(17-14)3-2-8-16-13/h2-9,17,19H,1H3. The Morgan fingerprint density at radius 2 is 2.00 bits per heavy atom. The Labute approximate surface area is 115 Å². The quantitative estimate of drug-likeness (QED) is 0.749. The Morgan fingerprint density at radius 1 is 1.25 bits per heavy atom. The molecule has 3 rings (SSSR count). The molecule has 0 bridgehead atoms. The number of carbonyl (C=O) groups is 1. The van der Waals surface area contributed by atoms with E-state index in [0.29, 0.717) is 11.4 Å². The highest BCUT2D eigenvalue weighted by molar-refractivity contribution is 6.06. The summed E-state index contributed by atoms with van der Waals surface area (Å²) in [4.78, 5) is 21.2. The number of H-pyrrole nitrogens is 1. The van der Waals surface area contributed by atoms with Crippen LogP contribution in [0.1, 0.15) is 10.5 Å². The van der Waals surface area contributed by atoms with Gasteiger partial charge in [0.25, 0.3) is 5.91 Å². The highest BCUT2D eigenvalue weighted by Gasteiger charge is 2.16. The monoisotopic (exact) mass is 267 g/mol. The second kappa shape index (κ2) is 4.70. The number of carbonyl (C=O) groups excluding carboxylic acids is 1. The predicted molar refractivity (Wildman–Crippen MR) is 76.9 cm³/mol. The fourth-order valence-corrected chi connectivity index (χ4v) is 2.05. The third-order valence-electron chi connectivity index (χ3n) is 3.16. The van der Waals surface area contributed by atoms with Gasteiger partial charge in [0.15, 0.2) is 0 Å². The van der Waals surface area contributed by atoms with Crippen LogP contribution in [-0.4, -0.2) is 28.0 Å². The van der Waals surface area contributed by atoms with Crippen LogP contribution in [0.2, 0.25) is 0 Å². The average Bonchev–Trinajstić information content (AvgIpc) is 2.90. The summed E-state index contributed by atoms with van der Waals surface area (Å²) in [5.74, 6) is 0.0121. The molecular weight excluding hydrogens is 254 g/mol. The number of hydrogen-bond acceptors (Lipinski definition) is 3. The van der Waals surface area contributed by atoms with Crippen molar-refractivity contribution in [2.24, 2.45) is 0 Å². The summed E-state index contributed by atoms with van der Waals surface area (Å²) < 4.78 is 0. The molecular formula is C15H13N3O2. The maximum Gasteiger partial charge on any atom is 0.274 e. The largest absolute Gasteiger partial charge is 0.508 e. The molecule has 0 saturated heterocycles. The van der Waals surface area contributed by atoms with E-state index in [2.05, 4.69) is 9.97 Å². The molecule has 0 radical (unpaired) electrons. The van der Waals surface area contributed by atoms with Gasteiger partial charge in [0.2, 0.25) is 0 Å². The fraction of sp³-hybridized carbons (Fsp3) is 0.0667. The van der Waals surface area contributed by atoms with Crippen LogP contribution in [0.25, 0.3) is 11.0 Å². The van der Waals surface area contributed by atoms with E-state index in [1.54, 1.807) is 43.6 Å². The van der Waals surface area contributed by atoms with Gasteiger partial charge in [-0.25, -0.2) is 0 Å². The number of phenols is 1. The summed E-state index contributed by atoms with van der Waals surface area (Å²) >= 11 is 0. The van der Waals surface area contributed by atoms with Gasteiger partial charge in [-0.2, -0.15) is 0 Å².